The number of allylic oxidation sites excluding steroid dienone is 5. The van der Waals surface area contributed by atoms with Crippen LogP contribution in [0.5, 0.6) is 0 Å². The predicted molar refractivity (Wildman–Crippen MR) is 112 cm³/mol. The summed E-state index contributed by atoms with van der Waals surface area (Å²) < 4.78 is 0. The highest BCUT2D eigenvalue weighted by molar-refractivity contribution is 6.30. The Hall–Kier alpha value is -1.86. The van der Waals surface area contributed by atoms with E-state index in [2.05, 4.69) is 52.1 Å². The van der Waals surface area contributed by atoms with Crippen LogP contribution in [0, 0.1) is 6.92 Å². The summed E-state index contributed by atoms with van der Waals surface area (Å²) in [4.78, 5) is 4.91. The predicted octanol–water partition coefficient (Wildman–Crippen LogP) is 7.47. The van der Waals surface area contributed by atoms with Crippen molar-refractivity contribution in [3.63, 3.8) is 0 Å². The minimum absolute atomic E-state index is 0.785. The number of hydrogen-bond donors (Lipinski definition) is 0. The van der Waals surface area contributed by atoms with Crippen LogP contribution < -0.4 is 0 Å². The summed E-state index contributed by atoms with van der Waals surface area (Å²) in [7, 11) is 0. The minimum Gasteiger partial charge on any atom is -0.249 e. The molecule has 0 bridgehead atoms. The van der Waals surface area contributed by atoms with Gasteiger partial charge in [0.1, 0.15) is 0 Å². The molecule has 132 valence electrons. The average Bonchev–Trinajstić information content (AvgIpc) is 3.07. The SMILES string of the molecule is C=CC(=N/C(=C\C)C1=C(c2cc(Cl)ccc2C)CCC1)C(=C)CCC. The summed E-state index contributed by atoms with van der Waals surface area (Å²) in [6, 6.07) is 6.13. The molecule has 0 heterocycles. The molecule has 0 aliphatic heterocycles. The van der Waals surface area contributed by atoms with Gasteiger partial charge < -0.3 is 0 Å². The molecule has 25 heavy (non-hydrogen) atoms. The van der Waals surface area contributed by atoms with Crippen LogP contribution in [0.2, 0.25) is 5.02 Å². The lowest BCUT2D eigenvalue weighted by Gasteiger charge is -2.13. The van der Waals surface area contributed by atoms with Gasteiger partial charge in [-0.25, -0.2) is 4.99 Å². The van der Waals surface area contributed by atoms with Gasteiger partial charge >= 0.3 is 0 Å². The Morgan fingerprint density at radius 1 is 1.32 bits per heavy atom. The van der Waals surface area contributed by atoms with Crippen LogP contribution in [0.4, 0.5) is 0 Å². The highest BCUT2D eigenvalue weighted by Gasteiger charge is 2.20. The van der Waals surface area contributed by atoms with E-state index in [9.17, 15) is 0 Å². The fraction of sp³-hybridized carbons (Fsp3) is 0.348. The minimum atomic E-state index is 0.785. The Bertz CT molecular complexity index is 762. The van der Waals surface area contributed by atoms with Gasteiger partial charge in [0.15, 0.2) is 0 Å². The summed E-state index contributed by atoms with van der Waals surface area (Å²) in [6.45, 7) is 14.4. The molecule has 1 nitrogen and oxygen atoms in total. The number of nitrogens with zero attached hydrogens (tertiary/aromatic N) is 1. The molecule has 1 aliphatic carbocycles. The van der Waals surface area contributed by atoms with E-state index >= 15 is 0 Å². The molecular weight excluding hydrogens is 326 g/mol. The lowest BCUT2D eigenvalue weighted by Crippen LogP contribution is -2.00. The smallest absolute Gasteiger partial charge is 0.0657 e. The van der Waals surface area contributed by atoms with Crippen molar-refractivity contribution in [1.82, 2.24) is 0 Å². The van der Waals surface area contributed by atoms with Crippen molar-refractivity contribution < 1.29 is 0 Å². The van der Waals surface area contributed by atoms with E-state index < -0.39 is 0 Å². The molecule has 0 unspecified atom stereocenters. The number of halogens is 1. The zero-order chi connectivity index (χ0) is 18.4. The summed E-state index contributed by atoms with van der Waals surface area (Å²) in [5.41, 5.74) is 8.21. The first-order valence-electron chi connectivity index (χ1n) is 9.06. The van der Waals surface area contributed by atoms with Gasteiger partial charge in [0, 0.05) is 5.02 Å². The van der Waals surface area contributed by atoms with E-state index in [0.29, 0.717) is 0 Å². The third-order valence-electron chi connectivity index (χ3n) is 4.67. The quantitative estimate of drug-likeness (QED) is 0.450. The molecule has 0 fully saturated rings. The van der Waals surface area contributed by atoms with Crippen molar-refractivity contribution >= 4 is 22.9 Å². The molecule has 0 amide bonds. The first kappa shape index (κ1) is 19.5. The van der Waals surface area contributed by atoms with E-state index in [1.165, 1.54) is 22.3 Å². The van der Waals surface area contributed by atoms with Gasteiger partial charge in [0.25, 0.3) is 0 Å². The van der Waals surface area contributed by atoms with Gasteiger partial charge in [0.05, 0.1) is 11.4 Å². The van der Waals surface area contributed by atoms with Gasteiger partial charge in [-0.05, 0) is 85.6 Å². The van der Waals surface area contributed by atoms with Crippen LogP contribution in [0.3, 0.4) is 0 Å². The molecule has 0 aromatic heterocycles. The first-order chi connectivity index (χ1) is 12.0. The molecule has 2 rings (SSSR count). The van der Waals surface area contributed by atoms with Gasteiger partial charge in [-0.15, -0.1) is 0 Å². The van der Waals surface area contributed by atoms with E-state index in [1.54, 1.807) is 0 Å². The summed E-state index contributed by atoms with van der Waals surface area (Å²) >= 11 is 6.25. The fourth-order valence-corrected chi connectivity index (χ4v) is 3.55. The number of aryl methyl sites for hydroxylation is 1. The molecule has 1 aliphatic rings. The monoisotopic (exact) mass is 353 g/mol. The van der Waals surface area contributed by atoms with Crippen molar-refractivity contribution in [2.75, 3.05) is 0 Å². The molecule has 0 spiro atoms. The second kappa shape index (κ2) is 9.01. The molecule has 0 radical (unpaired) electrons. The number of aliphatic imine (C=N–C) groups is 1. The van der Waals surface area contributed by atoms with E-state index in [0.717, 1.165) is 54.1 Å². The Morgan fingerprint density at radius 3 is 2.72 bits per heavy atom. The number of hydrogen-bond acceptors (Lipinski definition) is 1. The van der Waals surface area contributed by atoms with Crippen LogP contribution in [-0.2, 0) is 0 Å². The van der Waals surface area contributed by atoms with Crippen LogP contribution in [-0.4, -0.2) is 5.71 Å². The average molecular weight is 354 g/mol. The van der Waals surface area contributed by atoms with Crippen molar-refractivity contribution in [2.45, 2.75) is 52.9 Å². The van der Waals surface area contributed by atoms with Gasteiger partial charge in [-0.3, -0.25) is 0 Å². The van der Waals surface area contributed by atoms with Gasteiger partial charge in [-0.1, -0.05) is 50.2 Å². The summed E-state index contributed by atoms with van der Waals surface area (Å²) in [5.74, 6) is 0. The Kier molecular flexibility index (Phi) is 7.01. The third-order valence-corrected chi connectivity index (χ3v) is 4.91. The lowest BCUT2D eigenvalue weighted by molar-refractivity contribution is 0.909. The molecule has 1 aromatic carbocycles. The summed E-state index contributed by atoms with van der Waals surface area (Å²) in [6.07, 6.45) is 9.21. The van der Waals surface area contributed by atoms with Crippen LogP contribution in [0.15, 0.2) is 65.3 Å². The van der Waals surface area contributed by atoms with Crippen LogP contribution in [0.25, 0.3) is 5.57 Å². The number of benzene rings is 1. The summed E-state index contributed by atoms with van der Waals surface area (Å²) in [5, 5.41) is 0.785. The van der Waals surface area contributed by atoms with Gasteiger partial charge in [-0.2, -0.15) is 0 Å². The van der Waals surface area contributed by atoms with Crippen molar-refractivity contribution in [3.05, 3.63) is 76.5 Å². The maximum atomic E-state index is 6.25. The van der Waals surface area contributed by atoms with Crippen molar-refractivity contribution in [2.24, 2.45) is 4.99 Å². The fourth-order valence-electron chi connectivity index (χ4n) is 3.38. The molecule has 1 aromatic rings. The Morgan fingerprint density at radius 2 is 2.08 bits per heavy atom. The molecule has 0 saturated heterocycles. The van der Waals surface area contributed by atoms with Crippen LogP contribution >= 0.6 is 11.6 Å². The maximum Gasteiger partial charge on any atom is 0.0657 e. The Balaban J connectivity index is 2.49. The highest BCUT2D eigenvalue weighted by atomic mass is 35.5. The zero-order valence-corrected chi connectivity index (χ0v) is 16.4. The van der Waals surface area contributed by atoms with E-state index in [4.69, 9.17) is 16.6 Å². The molecule has 0 atom stereocenters. The topological polar surface area (TPSA) is 12.4 Å². The lowest BCUT2D eigenvalue weighted by atomic mass is 9.96. The standard InChI is InChI=1S/C23H28ClN/c1-6-10-17(5)22(7-2)25-23(8-3)20-12-9-11-19(20)21-15-18(24)14-13-16(21)4/h7-8,13-15H,2,5-6,9-12H2,1,3-4H3/b23-8-,25-22?. The second-order valence-electron chi connectivity index (χ2n) is 6.50. The van der Waals surface area contributed by atoms with E-state index in [-0.39, 0.29) is 0 Å². The third kappa shape index (κ3) is 4.61. The number of rotatable bonds is 7. The molecular formula is C23H28ClN. The molecule has 2 heteroatoms. The van der Waals surface area contributed by atoms with Gasteiger partial charge in [0.2, 0.25) is 0 Å². The second-order valence-corrected chi connectivity index (χ2v) is 6.93. The largest absolute Gasteiger partial charge is 0.249 e. The maximum absolute atomic E-state index is 6.25. The molecule has 0 saturated carbocycles. The zero-order valence-electron chi connectivity index (χ0n) is 15.7. The Labute approximate surface area is 157 Å². The normalized spacial score (nSPS) is 15.7. The van der Waals surface area contributed by atoms with E-state index in [1.807, 2.05) is 12.1 Å². The first-order valence-corrected chi connectivity index (χ1v) is 9.44. The van der Waals surface area contributed by atoms with Crippen molar-refractivity contribution in [1.29, 1.82) is 0 Å². The van der Waals surface area contributed by atoms with Crippen molar-refractivity contribution in [3.8, 4) is 0 Å². The highest BCUT2D eigenvalue weighted by Crippen LogP contribution is 2.40. The molecule has 0 N–H and O–H groups in total. The van der Waals surface area contributed by atoms with Crippen LogP contribution in [0.1, 0.15) is 57.1 Å².